The number of anilines is 1. The lowest BCUT2D eigenvalue weighted by atomic mass is 10.1. The Labute approximate surface area is 126 Å². The second-order valence-electron chi connectivity index (χ2n) is 4.23. The number of rotatable bonds is 5. The number of pyridine rings is 1. The number of hydrogen-bond acceptors (Lipinski definition) is 4. The molecule has 5 nitrogen and oxygen atoms in total. The number of aromatic nitrogens is 1. The zero-order chi connectivity index (χ0) is 14.6. The Bertz CT molecular complexity index is 687. The first-order chi connectivity index (χ1) is 9.45. The third kappa shape index (κ3) is 4.29. The van der Waals surface area contributed by atoms with E-state index in [9.17, 15) is 8.42 Å². The molecule has 1 aromatic carbocycles. The number of benzene rings is 1. The molecule has 0 fully saturated rings. The standard InChI is InChI=1S/C13H14BrN3O2S/c14-11-6-8-17-13(9-11)16-7-5-10-1-3-12(4-2-10)20(15,18)19/h1-4,6,8-9H,5,7H2,(H,16,17)(H2,15,18,19). The van der Waals surface area contributed by atoms with E-state index >= 15 is 0 Å². The van der Waals surface area contributed by atoms with Gasteiger partial charge in [-0.2, -0.15) is 0 Å². The number of nitrogens with zero attached hydrogens (tertiary/aromatic N) is 1. The summed E-state index contributed by atoms with van der Waals surface area (Å²) in [6.07, 6.45) is 2.48. The monoisotopic (exact) mass is 355 g/mol. The first-order valence-electron chi connectivity index (χ1n) is 5.92. The van der Waals surface area contributed by atoms with Gasteiger partial charge in [-0.3, -0.25) is 0 Å². The van der Waals surface area contributed by atoms with Crippen LogP contribution in [-0.4, -0.2) is 19.9 Å². The van der Waals surface area contributed by atoms with Crippen molar-refractivity contribution in [2.24, 2.45) is 5.14 Å². The first-order valence-corrected chi connectivity index (χ1v) is 8.26. The second kappa shape index (κ2) is 6.34. The van der Waals surface area contributed by atoms with Crippen LogP contribution in [-0.2, 0) is 16.4 Å². The molecule has 0 bridgehead atoms. The van der Waals surface area contributed by atoms with Crippen molar-refractivity contribution in [2.75, 3.05) is 11.9 Å². The zero-order valence-electron chi connectivity index (χ0n) is 10.6. The molecule has 0 aliphatic carbocycles. The zero-order valence-corrected chi connectivity index (χ0v) is 13.0. The minimum Gasteiger partial charge on any atom is -0.370 e. The van der Waals surface area contributed by atoms with Gasteiger partial charge in [0.25, 0.3) is 0 Å². The summed E-state index contributed by atoms with van der Waals surface area (Å²) in [6.45, 7) is 0.707. The van der Waals surface area contributed by atoms with Crippen molar-refractivity contribution in [3.63, 3.8) is 0 Å². The van der Waals surface area contributed by atoms with Gasteiger partial charge < -0.3 is 5.32 Å². The summed E-state index contributed by atoms with van der Waals surface area (Å²) in [5.41, 5.74) is 1.03. The van der Waals surface area contributed by atoms with Gasteiger partial charge in [0.15, 0.2) is 0 Å². The van der Waals surface area contributed by atoms with Gasteiger partial charge in [0.1, 0.15) is 5.82 Å². The fourth-order valence-electron chi connectivity index (χ4n) is 1.68. The summed E-state index contributed by atoms with van der Waals surface area (Å²) < 4.78 is 23.2. The lowest BCUT2D eigenvalue weighted by Crippen LogP contribution is -2.12. The van der Waals surface area contributed by atoms with Gasteiger partial charge in [-0.25, -0.2) is 18.5 Å². The van der Waals surface area contributed by atoms with Crippen molar-refractivity contribution in [1.82, 2.24) is 4.98 Å². The molecular formula is C13H14BrN3O2S. The van der Waals surface area contributed by atoms with Gasteiger partial charge in [0.05, 0.1) is 4.90 Å². The average Bonchev–Trinajstić information content (AvgIpc) is 2.38. The summed E-state index contributed by atoms with van der Waals surface area (Å²) >= 11 is 3.38. The molecular weight excluding hydrogens is 342 g/mol. The molecule has 0 atom stereocenters. The van der Waals surface area contributed by atoms with E-state index in [1.54, 1.807) is 18.3 Å². The molecule has 0 saturated heterocycles. The van der Waals surface area contributed by atoms with E-state index in [0.29, 0.717) is 6.54 Å². The Morgan fingerprint density at radius 3 is 2.50 bits per heavy atom. The van der Waals surface area contributed by atoms with E-state index in [0.717, 1.165) is 22.3 Å². The van der Waals surface area contributed by atoms with E-state index < -0.39 is 10.0 Å². The molecule has 0 spiro atoms. The van der Waals surface area contributed by atoms with Crippen molar-refractivity contribution in [3.8, 4) is 0 Å². The predicted octanol–water partition coefficient (Wildman–Crippen LogP) is 2.15. The minimum absolute atomic E-state index is 0.128. The SMILES string of the molecule is NS(=O)(=O)c1ccc(CCNc2cc(Br)ccn2)cc1. The van der Waals surface area contributed by atoms with Crippen molar-refractivity contribution in [3.05, 3.63) is 52.6 Å². The molecule has 0 saturated carbocycles. The maximum Gasteiger partial charge on any atom is 0.238 e. The average molecular weight is 356 g/mol. The third-order valence-electron chi connectivity index (χ3n) is 2.69. The Hall–Kier alpha value is -1.44. The van der Waals surface area contributed by atoms with Crippen LogP contribution in [0.15, 0.2) is 52.0 Å². The number of sulfonamides is 1. The van der Waals surface area contributed by atoms with Crippen molar-refractivity contribution in [2.45, 2.75) is 11.3 Å². The lowest BCUT2D eigenvalue weighted by Gasteiger charge is -2.06. The minimum atomic E-state index is -3.62. The fraction of sp³-hybridized carbons (Fsp3) is 0.154. The second-order valence-corrected chi connectivity index (χ2v) is 6.70. The quantitative estimate of drug-likeness (QED) is 0.860. The van der Waals surface area contributed by atoms with E-state index in [-0.39, 0.29) is 4.90 Å². The van der Waals surface area contributed by atoms with Crippen LogP contribution in [0.5, 0.6) is 0 Å². The highest BCUT2D eigenvalue weighted by molar-refractivity contribution is 9.10. The fourth-order valence-corrected chi connectivity index (χ4v) is 2.53. The van der Waals surface area contributed by atoms with E-state index in [2.05, 4.69) is 26.2 Å². The molecule has 0 aliphatic heterocycles. The molecule has 2 aromatic rings. The van der Waals surface area contributed by atoms with E-state index in [1.165, 1.54) is 12.1 Å². The van der Waals surface area contributed by atoms with Gasteiger partial charge in [-0.15, -0.1) is 0 Å². The molecule has 106 valence electrons. The maximum atomic E-state index is 11.1. The first kappa shape index (κ1) is 15.0. The normalized spacial score (nSPS) is 11.3. The van der Waals surface area contributed by atoms with Crippen molar-refractivity contribution >= 4 is 31.8 Å². The van der Waals surface area contributed by atoms with Crippen LogP contribution in [0.2, 0.25) is 0 Å². The van der Waals surface area contributed by atoms with Gasteiger partial charge in [0.2, 0.25) is 10.0 Å². The summed E-state index contributed by atoms with van der Waals surface area (Å²) in [6, 6.07) is 10.3. The smallest absolute Gasteiger partial charge is 0.238 e. The molecule has 2 rings (SSSR count). The highest BCUT2D eigenvalue weighted by Gasteiger charge is 2.06. The van der Waals surface area contributed by atoms with Crippen LogP contribution in [0.25, 0.3) is 0 Å². The van der Waals surface area contributed by atoms with Gasteiger partial charge >= 0.3 is 0 Å². The van der Waals surface area contributed by atoms with Gasteiger partial charge in [0, 0.05) is 17.2 Å². The van der Waals surface area contributed by atoms with Crippen LogP contribution < -0.4 is 10.5 Å². The van der Waals surface area contributed by atoms with Crippen LogP contribution in [0.3, 0.4) is 0 Å². The predicted molar refractivity (Wildman–Crippen MR) is 81.9 cm³/mol. The molecule has 3 N–H and O–H groups in total. The summed E-state index contributed by atoms with van der Waals surface area (Å²) in [5, 5.41) is 8.24. The molecule has 0 radical (unpaired) electrons. The van der Waals surface area contributed by atoms with E-state index in [4.69, 9.17) is 5.14 Å². The summed E-state index contributed by atoms with van der Waals surface area (Å²) in [5.74, 6) is 0.792. The van der Waals surface area contributed by atoms with Gasteiger partial charge in [-0.05, 0) is 36.2 Å². The third-order valence-corrected chi connectivity index (χ3v) is 4.12. The van der Waals surface area contributed by atoms with Crippen LogP contribution in [0.1, 0.15) is 5.56 Å². The highest BCUT2D eigenvalue weighted by Crippen LogP contribution is 2.13. The van der Waals surface area contributed by atoms with Crippen LogP contribution in [0, 0.1) is 0 Å². The summed E-state index contributed by atoms with van der Waals surface area (Å²) in [4.78, 5) is 4.31. The van der Waals surface area contributed by atoms with Crippen LogP contribution in [0.4, 0.5) is 5.82 Å². The molecule has 0 unspecified atom stereocenters. The number of nitrogens with one attached hydrogen (secondary N) is 1. The lowest BCUT2D eigenvalue weighted by molar-refractivity contribution is 0.598. The van der Waals surface area contributed by atoms with Crippen molar-refractivity contribution < 1.29 is 8.42 Å². The highest BCUT2D eigenvalue weighted by atomic mass is 79.9. The van der Waals surface area contributed by atoms with Gasteiger partial charge in [-0.1, -0.05) is 28.1 Å². The molecule has 0 amide bonds. The number of primary sulfonamides is 1. The molecule has 1 aromatic heterocycles. The molecule has 7 heteroatoms. The Kier molecular flexibility index (Phi) is 4.74. The summed E-state index contributed by atoms with van der Waals surface area (Å²) in [7, 11) is -3.62. The van der Waals surface area contributed by atoms with Crippen molar-refractivity contribution in [1.29, 1.82) is 0 Å². The Morgan fingerprint density at radius 1 is 1.20 bits per heavy atom. The number of hydrogen-bond donors (Lipinski definition) is 2. The van der Waals surface area contributed by atoms with E-state index in [1.807, 2.05) is 12.1 Å². The molecule has 0 aliphatic rings. The number of nitrogens with two attached hydrogens (primary N) is 1. The largest absolute Gasteiger partial charge is 0.370 e. The Morgan fingerprint density at radius 2 is 1.90 bits per heavy atom. The number of halogens is 1. The topological polar surface area (TPSA) is 85.1 Å². The maximum absolute atomic E-state index is 11.1. The van der Waals surface area contributed by atoms with Crippen LogP contribution >= 0.6 is 15.9 Å². The Balaban J connectivity index is 1.92. The molecule has 1 heterocycles. The molecule has 20 heavy (non-hydrogen) atoms.